The summed E-state index contributed by atoms with van der Waals surface area (Å²) in [6.07, 6.45) is 2.88. The highest BCUT2D eigenvalue weighted by atomic mass is 19.3. The Morgan fingerprint density at radius 2 is 2.12 bits per heavy atom. The van der Waals surface area contributed by atoms with Gasteiger partial charge < -0.3 is 0 Å². The van der Waals surface area contributed by atoms with Crippen molar-refractivity contribution in [2.45, 2.75) is 31.4 Å². The van der Waals surface area contributed by atoms with E-state index in [-0.39, 0.29) is 17.9 Å². The molecule has 0 aliphatic heterocycles. The number of aryl methyl sites for hydroxylation is 1. The van der Waals surface area contributed by atoms with Gasteiger partial charge >= 0.3 is 0 Å². The normalized spacial score (nSPS) is 34.1. The topological polar surface area (TPSA) is 34.0 Å². The summed E-state index contributed by atoms with van der Waals surface area (Å²) >= 11 is 0. The third-order valence-electron chi connectivity index (χ3n) is 4.08. The van der Waals surface area contributed by atoms with Gasteiger partial charge in [0.15, 0.2) is 5.82 Å². The van der Waals surface area contributed by atoms with Crippen molar-refractivity contribution in [3.8, 4) is 0 Å². The average Bonchev–Trinajstić information content (AvgIpc) is 2.69. The summed E-state index contributed by atoms with van der Waals surface area (Å²) < 4.78 is 27.8. The van der Waals surface area contributed by atoms with Gasteiger partial charge in [-0.25, -0.2) is 13.8 Å². The van der Waals surface area contributed by atoms with Gasteiger partial charge in [-0.2, -0.15) is 5.10 Å². The van der Waals surface area contributed by atoms with Crippen molar-refractivity contribution in [3.63, 3.8) is 0 Å². The Labute approximate surface area is 98.6 Å². The molecule has 2 fully saturated rings. The molecule has 1 aromatic heterocycles. The van der Waals surface area contributed by atoms with E-state index in [4.69, 9.17) is 0 Å². The van der Waals surface area contributed by atoms with Crippen LogP contribution in [0.1, 0.15) is 18.7 Å². The Bertz CT molecular complexity index is 417. The van der Waals surface area contributed by atoms with E-state index in [2.05, 4.69) is 15.0 Å². The summed E-state index contributed by atoms with van der Waals surface area (Å²) in [6.45, 7) is 0.635. The fraction of sp³-hybridized carbons (Fsp3) is 0.818. The molecule has 0 amide bonds. The smallest absolute Gasteiger partial charge is 0.254 e. The summed E-state index contributed by atoms with van der Waals surface area (Å²) in [5, 5.41) is 4.20. The number of alkyl halides is 2. The first-order chi connectivity index (χ1) is 7.98. The molecule has 2 aliphatic carbocycles. The molecule has 0 N–H and O–H groups in total. The Hall–Kier alpha value is -1.04. The second-order valence-corrected chi connectivity index (χ2v) is 5.26. The number of hydrogen-bond donors (Lipinski definition) is 0. The van der Waals surface area contributed by atoms with E-state index in [0.717, 1.165) is 5.82 Å². The Kier molecular flexibility index (Phi) is 2.26. The van der Waals surface area contributed by atoms with Crippen LogP contribution in [-0.4, -0.2) is 38.7 Å². The highest BCUT2D eigenvalue weighted by molar-refractivity contribution is 5.13. The summed E-state index contributed by atoms with van der Waals surface area (Å²) in [7, 11) is 3.78. The van der Waals surface area contributed by atoms with E-state index in [1.807, 2.05) is 14.1 Å². The van der Waals surface area contributed by atoms with Gasteiger partial charge in [0.25, 0.3) is 5.92 Å². The van der Waals surface area contributed by atoms with Crippen LogP contribution in [0, 0.1) is 11.8 Å². The Morgan fingerprint density at radius 3 is 2.65 bits per heavy atom. The third kappa shape index (κ3) is 1.74. The predicted molar refractivity (Wildman–Crippen MR) is 57.4 cm³/mol. The number of hydrogen-bond acceptors (Lipinski definition) is 3. The van der Waals surface area contributed by atoms with Crippen LogP contribution in [0.15, 0.2) is 6.33 Å². The van der Waals surface area contributed by atoms with Gasteiger partial charge in [0.2, 0.25) is 0 Å². The van der Waals surface area contributed by atoms with Crippen molar-refractivity contribution in [1.82, 2.24) is 19.7 Å². The van der Waals surface area contributed by atoms with Gasteiger partial charge in [0.1, 0.15) is 6.33 Å². The van der Waals surface area contributed by atoms with Crippen LogP contribution < -0.4 is 0 Å². The summed E-state index contributed by atoms with van der Waals surface area (Å²) in [5.41, 5.74) is 0. The minimum absolute atomic E-state index is 0.258. The molecule has 1 aromatic rings. The molecule has 3 rings (SSSR count). The van der Waals surface area contributed by atoms with Crippen LogP contribution in [-0.2, 0) is 13.6 Å². The number of halogens is 2. The second kappa shape index (κ2) is 3.48. The number of nitrogens with zero attached hydrogens (tertiary/aromatic N) is 4. The first kappa shape index (κ1) is 11.1. The lowest BCUT2D eigenvalue weighted by molar-refractivity contribution is 0.0538. The zero-order valence-electron chi connectivity index (χ0n) is 9.98. The second-order valence-electron chi connectivity index (χ2n) is 5.26. The van der Waals surface area contributed by atoms with E-state index >= 15 is 0 Å². The van der Waals surface area contributed by atoms with Gasteiger partial charge in [-0.3, -0.25) is 9.58 Å². The number of aromatic nitrogens is 3. The summed E-state index contributed by atoms with van der Waals surface area (Å²) in [5.74, 6) is -2.36. The fourth-order valence-corrected chi connectivity index (χ4v) is 2.95. The first-order valence-electron chi connectivity index (χ1n) is 5.91. The summed E-state index contributed by atoms with van der Waals surface area (Å²) in [4.78, 5) is 6.24. The van der Waals surface area contributed by atoms with E-state index in [1.54, 1.807) is 11.0 Å². The fourth-order valence-electron chi connectivity index (χ4n) is 2.95. The van der Waals surface area contributed by atoms with Crippen molar-refractivity contribution < 1.29 is 8.78 Å². The molecular weight excluding hydrogens is 226 g/mol. The van der Waals surface area contributed by atoms with E-state index in [0.29, 0.717) is 19.4 Å². The number of rotatable bonds is 3. The number of fused-ring (bicyclic) bond motifs is 1. The lowest BCUT2D eigenvalue weighted by Crippen LogP contribution is -2.32. The lowest BCUT2D eigenvalue weighted by Gasteiger charge is -2.25. The van der Waals surface area contributed by atoms with Crippen molar-refractivity contribution in [1.29, 1.82) is 0 Å². The molecule has 2 unspecified atom stereocenters. The van der Waals surface area contributed by atoms with Crippen LogP contribution in [0.25, 0.3) is 0 Å². The quantitative estimate of drug-likeness (QED) is 0.801. The van der Waals surface area contributed by atoms with Gasteiger partial charge in [-0.1, -0.05) is 0 Å². The monoisotopic (exact) mass is 242 g/mol. The van der Waals surface area contributed by atoms with Crippen LogP contribution in [0.5, 0.6) is 0 Å². The molecule has 2 aliphatic rings. The van der Waals surface area contributed by atoms with Crippen molar-refractivity contribution >= 4 is 0 Å². The van der Waals surface area contributed by atoms with Gasteiger partial charge in [-0.05, 0) is 19.9 Å². The Morgan fingerprint density at radius 1 is 1.47 bits per heavy atom. The highest BCUT2D eigenvalue weighted by Gasteiger charge is 2.71. The molecular formula is C11H16F2N4. The van der Waals surface area contributed by atoms with Crippen LogP contribution in [0.2, 0.25) is 0 Å². The van der Waals surface area contributed by atoms with E-state index in [1.165, 1.54) is 0 Å². The Balaban J connectivity index is 1.57. The lowest BCUT2D eigenvalue weighted by atomic mass is 10.1. The van der Waals surface area contributed by atoms with E-state index in [9.17, 15) is 8.78 Å². The minimum atomic E-state index is -2.37. The SMILES string of the molecule is CN(Cc1ncn(C)n1)C1CC2C(C1)C2(F)F. The largest absolute Gasteiger partial charge is 0.296 e. The maximum Gasteiger partial charge on any atom is 0.254 e. The van der Waals surface area contributed by atoms with Crippen LogP contribution in [0.4, 0.5) is 8.78 Å². The van der Waals surface area contributed by atoms with Crippen molar-refractivity contribution in [3.05, 3.63) is 12.2 Å². The average molecular weight is 242 g/mol. The molecule has 0 saturated heterocycles. The molecule has 0 aromatic carbocycles. The zero-order chi connectivity index (χ0) is 12.2. The van der Waals surface area contributed by atoms with Crippen LogP contribution >= 0.6 is 0 Å². The van der Waals surface area contributed by atoms with Gasteiger partial charge in [-0.15, -0.1) is 0 Å². The molecule has 4 nitrogen and oxygen atoms in total. The maximum absolute atomic E-state index is 13.1. The standard InChI is InChI=1S/C11H16F2N4/c1-16(5-10-14-6-17(2)15-10)7-3-8-9(4-7)11(8,12)13/h6-9H,3-5H2,1-2H3. The van der Waals surface area contributed by atoms with Gasteiger partial charge in [0.05, 0.1) is 6.54 Å². The molecule has 1 heterocycles. The van der Waals surface area contributed by atoms with Gasteiger partial charge in [0, 0.05) is 24.9 Å². The molecule has 0 bridgehead atoms. The van der Waals surface area contributed by atoms with E-state index < -0.39 is 5.92 Å². The molecule has 0 spiro atoms. The summed E-state index contributed by atoms with van der Waals surface area (Å²) in [6, 6.07) is 0.258. The minimum Gasteiger partial charge on any atom is -0.296 e. The predicted octanol–water partition coefficient (Wildman–Crippen LogP) is 1.29. The molecule has 2 saturated carbocycles. The van der Waals surface area contributed by atoms with Crippen molar-refractivity contribution in [2.24, 2.45) is 18.9 Å². The molecule has 94 valence electrons. The molecule has 2 atom stereocenters. The highest BCUT2D eigenvalue weighted by Crippen LogP contribution is 2.64. The zero-order valence-corrected chi connectivity index (χ0v) is 9.98. The molecule has 6 heteroatoms. The van der Waals surface area contributed by atoms with Crippen molar-refractivity contribution in [2.75, 3.05) is 7.05 Å². The molecule has 0 radical (unpaired) electrons. The maximum atomic E-state index is 13.1. The molecule has 17 heavy (non-hydrogen) atoms. The third-order valence-corrected chi connectivity index (χ3v) is 4.08. The first-order valence-corrected chi connectivity index (χ1v) is 5.91. The van der Waals surface area contributed by atoms with Crippen LogP contribution in [0.3, 0.4) is 0 Å².